The lowest BCUT2D eigenvalue weighted by Gasteiger charge is -2.18. The summed E-state index contributed by atoms with van der Waals surface area (Å²) in [4.78, 5) is 38.0. The second-order valence-corrected chi connectivity index (χ2v) is 19.2. The van der Waals surface area contributed by atoms with Crippen LogP contribution in [0.25, 0.3) is 0 Å². The molecule has 0 amide bonds. The molecule has 69 heavy (non-hydrogen) atoms. The van der Waals surface area contributed by atoms with E-state index in [1.54, 1.807) is 0 Å². The fourth-order valence-electron chi connectivity index (χ4n) is 8.04. The van der Waals surface area contributed by atoms with E-state index in [0.29, 0.717) is 19.3 Å². The highest BCUT2D eigenvalue weighted by Gasteiger charge is 2.19. The molecule has 0 aliphatic heterocycles. The maximum Gasteiger partial charge on any atom is 0.306 e. The minimum absolute atomic E-state index is 0.0797. The summed E-state index contributed by atoms with van der Waals surface area (Å²) >= 11 is 0. The number of hydrogen-bond acceptors (Lipinski definition) is 6. The zero-order valence-electron chi connectivity index (χ0n) is 45.3. The number of ether oxygens (including phenoxy) is 3. The Morgan fingerprint density at radius 3 is 0.942 bits per heavy atom. The molecule has 0 heterocycles. The van der Waals surface area contributed by atoms with Gasteiger partial charge in [0.1, 0.15) is 13.2 Å². The average Bonchev–Trinajstić information content (AvgIpc) is 3.35. The van der Waals surface area contributed by atoms with E-state index in [-0.39, 0.29) is 31.1 Å². The molecule has 0 fully saturated rings. The molecule has 0 saturated heterocycles. The molecule has 0 aromatic heterocycles. The SMILES string of the molecule is CC/C=C\C/C=C\C/C=C\C/C=C\C/C=C\CCCCCCCCCCCCCCCC(=O)OCC(COC(=O)CCCCCCCCCCC)OC(=O)CCCCCCC/C=C\C/C=C\CCC. The van der Waals surface area contributed by atoms with E-state index >= 15 is 0 Å². The number of carbonyl (C=O) groups is 3. The highest BCUT2D eigenvalue weighted by atomic mass is 16.6. The van der Waals surface area contributed by atoms with Gasteiger partial charge >= 0.3 is 17.9 Å². The van der Waals surface area contributed by atoms with Crippen LogP contribution in [0.15, 0.2) is 85.1 Å². The van der Waals surface area contributed by atoms with Gasteiger partial charge in [-0.05, 0) is 89.9 Å². The van der Waals surface area contributed by atoms with Gasteiger partial charge in [0, 0.05) is 19.3 Å². The van der Waals surface area contributed by atoms with E-state index in [4.69, 9.17) is 14.2 Å². The van der Waals surface area contributed by atoms with Crippen molar-refractivity contribution in [2.45, 2.75) is 284 Å². The van der Waals surface area contributed by atoms with E-state index < -0.39 is 6.10 Å². The summed E-state index contributed by atoms with van der Waals surface area (Å²) < 4.78 is 16.8. The van der Waals surface area contributed by atoms with Crippen LogP contribution in [-0.4, -0.2) is 37.2 Å². The summed E-state index contributed by atoms with van der Waals surface area (Å²) in [5, 5.41) is 0. The van der Waals surface area contributed by atoms with Crippen LogP contribution in [0.1, 0.15) is 278 Å². The fourth-order valence-corrected chi connectivity index (χ4v) is 8.04. The molecular formula is C63H108O6. The molecular weight excluding hydrogens is 853 g/mol. The standard InChI is InChI=1S/C63H108O6/c1-4-7-10-13-16-19-21-23-24-25-26-27-28-29-30-31-32-33-34-35-36-37-38-40-41-44-47-50-53-56-62(65)68-59-60(58-67-61(64)55-52-49-46-43-18-15-12-9-6-3)69-63(66)57-54-51-48-45-42-39-22-20-17-14-11-8-5-2/h7,10-11,14,16,19-20,22-24,26-27,29-30,60H,4-6,8-9,12-13,15,17-18,21,25,28,31-59H2,1-3H3/b10-7-,14-11-,19-16-,22-20-,24-23-,27-26-,30-29-. The van der Waals surface area contributed by atoms with Crippen LogP contribution in [0.3, 0.4) is 0 Å². The monoisotopic (exact) mass is 961 g/mol. The molecule has 1 atom stereocenters. The van der Waals surface area contributed by atoms with Gasteiger partial charge in [-0.15, -0.1) is 0 Å². The van der Waals surface area contributed by atoms with Crippen molar-refractivity contribution in [1.29, 1.82) is 0 Å². The Hall–Kier alpha value is -3.41. The minimum Gasteiger partial charge on any atom is -0.462 e. The van der Waals surface area contributed by atoms with Gasteiger partial charge < -0.3 is 14.2 Å². The number of carbonyl (C=O) groups excluding carboxylic acids is 3. The van der Waals surface area contributed by atoms with E-state index in [1.165, 1.54) is 116 Å². The van der Waals surface area contributed by atoms with Crippen LogP contribution in [0.4, 0.5) is 0 Å². The molecule has 0 aromatic carbocycles. The largest absolute Gasteiger partial charge is 0.462 e. The third-order valence-electron chi connectivity index (χ3n) is 12.4. The van der Waals surface area contributed by atoms with Crippen molar-refractivity contribution in [3.05, 3.63) is 85.1 Å². The topological polar surface area (TPSA) is 78.9 Å². The van der Waals surface area contributed by atoms with Gasteiger partial charge in [0.2, 0.25) is 0 Å². The maximum atomic E-state index is 12.8. The van der Waals surface area contributed by atoms with Crippen molar-refractivity contribution in [2.24, 2.45) is 0 Å². The minimum atomic E-state index is -0.780. The number of rotatable bonds is 52. The molecule has 0 N–H and O–H groups in total. The van der Waals surface area contributed by atoms with Crippen molar-refractivity contribution in [3.63, 3.8) is 0 Å². The molecule has 0 rings (SSSR count). The average molecular weight is 962 g/mol. The molecule has 0 aromatic rings. The molecule has 0 aliphatic rings. The van der Waals surface area contributed by atoms with E-state index in [9.17, 15) is 14.4 Å². The van der Waals surface area contributed by atoms with Gasteiger partial charge in [0.05, 0.1) is 0 Å². The van der Waals surface area contributed by atoms with Gasteiger partial charge in [0.25, 0.3) is 0 Å². The lowest BCUT2D eigenvalue weighted by atomic mass is 10.0. The second kappa shape index (κ2) is 57.2. The first-order valence-electron chi connectivity index (χ1n) is 29.1. The molecule has 6 heteroatoms. The van der Waals surface area contributed by atoms with Crippen molar-refractivity contribution < 1.29 is 28.6 Å². The van der Waals surface area contributed by atoms with Gasteiger partial charge in [-0.25, -0.2) is 0 Å². The van der Waals surface area contributed by atoms with Crippen LogP contribution in [0, 0.1) is 0 Å². The Labute approximate surface area is 426 Å². The molecule has 0 bridgehead atoms. The van der Waals surface area contributed by atoms with Gasteiger partial charge in [0.15, 0.2) is 6.10 Å². The van der Waals surface area contributed by atoms with Gasteiger partial charge in [-0.1, -0.05) is 254 Å². The number of unbranched alkanes of at least 4 members (excludes halogenated alkanes) is 27. The van der Waals surface area contributed by atoms with Crippen molar-refractivity contribution in [3.8, 4) is 0 Å². The molecule has 396 valence electrons. The van der Waals surface area contributed by atoms with Crippen molar-refractivity contribution >= 4 is 17.9 Å². The predicted octanol–water partition coefficient (Wildman–Crippen LogP) is 19.5. The number of hydrogen-bond donors (Lipinski definition) is 0. The normalized spacial score (nSPS) is 12.7. The maximum absolute atomic E-state index is 12.8. The zero-order chi connectivity index (χ0) is 50.0. The Balaban J connectivity index is 4.14. The third-order valence-corrected chi connectivity index (χ3v) is 12.4. The second-order valence-electron chi connectivity index (χ2n) is 19.2. The summed E-state index contributed by atoms with van der Waals surface area (Å²) in [6.45, 7) is 6.44. The predicted molar refractivity (Wildman–Crippen MR) is 297 cm³/mol. The summed E-state index contributed by atoms with van der Waals surface area (Å²) in [5.41, 5.74) is 0. The van der Waals surface area contributed by atoms with E-state index in [0.717, 1.165) is 122 Å². The molecule has 0 saturated carbocycles. The Kier molecular flexibility index (Phi) is 54.3. The molecule has 1 unspecified atom stereocenters. The summed E-state index contributed by atoms with van der Waals surface area (Å²) in [6.07, 6.45) is 74.5. The molecule has 0 radical (unpaired) electrons. The fraction of sp³-hybridized carbons (Fsp3) is 0.730. The van der Waals surface area contributed by atoms with Crippen molar-refractivity contribution in [2.75, 3.05) is 13.2 Å². The van der Waals surface area contributed by atoms with Crippen LogP contribution in [-0.2, 0) is 28.6 Å². The molecule has 0 aliphatic carbocycles. The first kappa shape index (κ1) is 65.6. The summed E-state index contributed by atoms with van der Waals surface area (Å²) in [5.74, 6) is -0.893. The smallest absolute Gasteiger partial charge is 0.306 e. The van der Waals surface area contributed by atoms with Gasteiger partial charge in [-0.3, -0.25) is 14.4 Å². The number of esters is 3. The Bertz CT molecular complexity index is 1330. The van der Waals surface area contributed by atoms with Crippen LogP contribution in [0.5, 0.6) is 0 Å². The summed E-state index contributed by atoms with van der Waals surface area (Å²) in [6, 6.07) is 0. The van der Waals surface area contributed by atoms with E-state index in [2.05, 4.69) is 106 Å². The van der Waals surface area contributed by atoms with Crippen molar-refractivity contribution in [1.82, 2.24) is 0 Å². The quantitative estimate of drug-likeness (QED) is 0.0262. The lowest BCUT2D eigenvalue weighted by Crippen LogP contribution is -2.30. The zero-order valence-corrected chi connectivity index (χ0v) is 45.3. The van der Waals surface area contributed by atoms with Crippen LogP contribution < -0.4 is 0 Å². The van der Waals surface area contributed by atoms with Crippen LogP contribution >= 0.6 is 0 Å². The number of allylic oxidation sites excluding steroid dienone is 14. The third kappa shape index (κ3) is 55.4. The Morgan fingerprint density at radius 1 is 0.304 bits per heavy atom. The molecule has 6 nitrogen and oxygen atoms in total. The van der Waals surface area contributed by atoms with E-state index in [1.807, 2.05) is 0 Å². The Morgan fingerprint density at radius 2 is 0.594 bits per heavy atom. The lowest BCUT2D eigenvalue weighted by molar-refractivity contribution is -0.167. The highest BCUT2D eigenvalue weighted by molar-refractivity contribution is 5.71. The van der Waals surface area contributed by atoms with Gasteiger partial charge in [-0.2, -0.15) is 0 Å². The summed E-state index contributed by atoms with van der Waals surface area (Å²) in [7, 11) is 0. The highest BCUT2D eigenvalue weighted by Crippen LogP contribution is 2.16. The van der Waals surface area contributed by atoms with Crippen LogP contribution in [0.2, 0.25) is 0 Å². The molecule has 0 spiro atoms. The first-order valence-corrected chi connectivity index (χ1v) is 29.1. The first-order chi connectivity index (χ1) is 34.0.